The molecular formula is C13H22N4O2. The quantitative estimate of drug-likeness (QED) is 0.771. The molecule has 6 nitrogen and oxygen atoms in total. The van der Waals surface area contributed by atoms with Gasteiger partial charge in [-0.3, -0.25) is 0 Å². The number of hydrogen-bond acceptors (Lipinski definition) is 4. The van der Waals surface area contributed by atoms with E-state index in [1.807, 2.05) is 27.7 Å². The Morgan fingerprint density at radius 2 is 2.26 bits per heavy atom. The third kappa shape index (κ3) is 4.24. The van der Waals surface area contributed by atoms with Crippen molar-refractivity contribution in [3.8, 4) is 0 Å². The van der Waals surface area contributed by atoms with E-state index in [4.69, 9.17) is 4.74 Å². The Balaban J connectivity index is 1.68. The van der Waals surface area contributed by atoms with E-state index in [2.05, 4.69) is 20.6 Å². The number of ether oxygens (including phenoxy) is 1. The summed E-state index contributed by atoms with van der Waals surface area (Å²) in [4.78, 5) is 18.8. The van der Waals surface area contributed by atoms with Crippen LogP contribution >= 0.6 is 0 Å². The molecule has 106 valence electrons. The summed E-state index contributed by atoms with van der Waals surface area (Å²) in [6, 6.07) is 0.470. The van der Waals surface area contributed by atoms with Crippen LogP contribution in [-0.2, 0) is 11.3 Å². The Morgan fingerprint density at radius 3 is 2.84 bits per heavy atom. The Kier molecular flexibility index (Phi) is 3.80. The number of carbonyl (C=O) groups is 1. The van der Waals surface area contributed by atoms with Gasteiger partial charge in [-0.2, -0.15) is 0 Å². The fraction of sp³-hybridized carbons (Fsp3) is 0.692. The lowest BCUT2D eigenvalue weighted by atomic mass is 10.2. The maximum atomic E-state index is 11.6. The minimum atomic E-state index is -0.450. The minimum absolute atomic E-state index is 0.161. The number of imidazole rings is 1. The Morgan fingerprint density at radius 1 is 1.53 bits per heavy atom. The highest BCUT2D eigenvalue weighted by atomic mass is 16.6. The van der Waals surface area contributed by atoms with Gasteiger partial charge in [0.2, 0.25) is 0 Å². The predicted octanol–water partition coefficient (Wildman–Crippen LogP) is 1.47. The summed E-state index contributed by atoms with van der Waals surface area (Å²) in [6.07, 6.45) is 2.27. The largest absolute Gasteiger partial charge is 0.444 e. The van der Waals surface area contributed by atoms with E-state index in [1.165, 1.54) is 0 Å². The van der Waals surface area contributed by atoms with Crippen molar-refractivity contribution >= 4 is 6.09 Å². The average molecular weight is 266 g/mol. The van der Waals surface area contributed by atoms with E-state index < -0.39 is 5.60 Å². The first kappa shape index (κ1) is 13.9. The lowest BCUT2D eigenvalue weighted by Crippen LogP contribution is -2.36. The molecular weight excluding hydrogens is 244 g/mol. The van der Waals surface area contributed by atoms with Crippen LogP contribution in [0.4, 0.5) is 4.79 Å². The molecule has 3 N–H and O–H groups in total. The molecule has 2 unspecified atom stereocenters. The van der Waals surface area contributed by atoms with Crippen molar-refractivity contribution in [3.63, 3.8) is 0 Å². The number of aromatic amines is 1. The van der Waals surface area contributed by atoms with Gasteiger partial charge >= 0.3 is 6.09 Å². The standard InChI is InChI=1S/C13H22N4O2/c1-8-11(16-7-15-8)6-14-9-5-10(9)17-12(18)19-13(2,3)4/h7,9-10,14H,5-6H2,1-4H3,(H,15,16)(H,17,18). The zero-order valence-electron chi connectivity index (χ0n) is 11.9. The fourth-order valence-electron chi connectivity index (χ4n) is 1.83. The molecule has 6 heteroatoms. The highest BCUT2D eigenvalue weighted by Gasteiger charge is 2.39. The first-order chi connectivity index (χ1) is 8.85. The number of carbonyl (C=O) groups excluding carboxylic acids is 1. The van der Waals surface area contributed by atoms with Crippen molar-refractivity contribution in [2.45, 2.75) is 58.3 Å². The van der Waals surface area contributed by atoms with Crippen molar-refractivity contribution < 1.29 is 9.53 Å². The van der Waals surface area contributed by atoms with Crippen LogP contribution in [0.2, 0.25) is 0 Å². The second-order valence-corrected chi connectivity index (χ2v) is 5.95. The normalized spacial score (nSPS) is 22.1. The van der Waals surface area contributed by atoms with Gasteiger partial charge in [-0.1, -0.05) is 0 Å². The van der Waals surface area contributed by atoms with Crippen LogP contribution in [0.25, 0.3) is 0 Å². The van der Waals surface area contributed by atoms with Crippen LogP contribution in [-0.4, -0.2) is 33.7 Å². The molecule has 0 aromatic carbocycles. The first-order valence-electron chi connectivity index (χ1n) is 6.57. The van der Waals surface area contributed by atoms with Crippen molar-refractivity contribution in [1.29, 1.82) is 0 Å². The summed E-state index contributed by atoms with van der Waals surface area (Å²) in [5, 5.41) is 6.22. The highest BCUT2D eigenvalue weighted by Crippen LogP contribution is 2.22. The topological polar surface area (TPSA) is 79.0 Å². The lowest BCUT2D eigenvalue weighted by Gasteiger charge is -2.19. The maximum Gasteiger partial charge on any atom is 0.407 e. The van der Waals surface area contributed by atoms with E-state index in [1.54, 1.807) is 6.33 Å². The minimum Gasteiger partial charge on any atom is -0.444 e. The number of aryl methyl sites for hydroxylation is 1. The zero-order valence-corrected chi connectivity index (χ0v) is 11.9. The number of amides is 1. The van der Waals surface area contributed by atoms with Gasteiger partial charge in [0.25, 0.3) is 0 Å². The molecule has 1 saturated carbocycles. The van der Waals surface area contributed by atoms with Crippen LogP contribution in [0.15, 0.2) is 6.33 Å². The molecule has 19 heavy (non-hydrogen) atoms. The number of aromatic nitrogens is 2. The van der Waals surface area contributed by atoms with E-state index in [0.29, 0.717) is 12.6 Å². The molecule has 0 saturated heterocycles. The predicted molar refractivity (Wildman–Crippen MR) is 71.7 cm³/mol. The molecule has 0 aliphatic heterocycles. The van der Waals surface area contributed by atoms with E-state index in [0.717, 1.165) is 17.8 Å². The number of hydrogen-bond donors (Lipinski definition) is 3. The highest BCUT2D eigenvalue weighted by molar-refractivity contribution is 5.68. The van der Waals surface area contributed by atoms with Gasteiger partial charge < -0.3 is 20.4 Å². The molecule has 1 aliphatic carbocycles. The van der Waals surface area contributed by atoms with Gasteiger partial charge in [0.15, 0.2) is 0 Å². The van der Waals surface area contributed by atoms with Gasteiger partial charge in [0, 0.05) is 24.3 Å². The van der Waals surface area contributed by atoms with E-state index in [-0.39, 0.29) is 12.1 Å². The van der Waals surface area contributed by atoms with Gasteiger partial charge in [0.1, 0.15) is 5.60 Å². The van der Waals surface area contributed by atoms with Crippen LogP contribution < -0.4 is 10.6 Å². The summed E-state index contributed by atoms with van der Waals surface area (Å²) in [5.74, 6) is 0. The molecule has 1 amide bonds. The third-order valence-corrected chi connectivity index (χ3v) is 2.96. The molecule has 1 fully saturated rings. The van der Waals surface area contributed by atoms with Gasteiger partial charge in [0.05, 0.1) is 12.0 Å². The fourth-order valence-corrected chi connectivity index (χ4v) is 1.83. The Bertz CT molecular complexity index is 450. The molecule has 1 aliphatic rings. The average Bonchev–Trinajstić information content (AvgIpc) is 2.85. The second-order valence-electron chi connectivity index (χ2n) is 5.95. The summed E-state index contributed by atoms with van der Waals surface area (Å²) in [6.45, 7) is 8.28. The van der Waals surface area contributed by atoms with E-state index in [9.17, 15) is 4.79 Å². The van der Waals surface area contributed by atoms with Crippen LogP contribution in [0.3, 0.4) is 0 Å². The molecule has 2 atom stereocenters. The monoisotopic (exact) mass is 266 g/mol. The molecule has 0 radical (unpaired) electrons. The van der Waals surface area contributed by atoms with Gasteiger partial charge in [-0.05, 0) is 34.1 Å². The summed E-state index contributed by atoms with van der Waals surface area (Å²) in [5.41, 5.74) is 1.64. The van der Waals surface area contributed by atoms with E-state index >= 15 is 0 Å². The van der Waals surface area contributed by atoms with Crippen LogP contribution in [0.5, 0.6) is 0 Å². The zero-order chi connectivity index (χ0) is 14.0. The number of nitrogens with one attached hydrogen (secondary N) is 3. The lowest BCUT2D eigenvalue weighted by molar-refractivity contribution is 0.0522. The summed E-state index contributed by atoms with van der Waals surface area (Å²) < 4.78 is 5.21. The van der Waals surface area contributed by atoms with Crippen LogP contribution in [0.1, 0.15) is 38.6 Å². The SMILES string of the molecule is Cc1[nH]cnc1CNC1CC1NC(=O)OC(C)(C)C. The third-order valence-electron chi connectivity index (χ3n) is 2.96. The van der Waals surface area contributed by atoms with Gasteiger partial charge in [-0.15, -0.1) is 0 Å². The van der Waals surface area contributed by atoms with Crippen molar-refractivity contribution in [2.24, 2.45) is 0 Å². The molecule has 1 aromatic rings. The Hall–Kier alpha value is -1.56. The maximum absolute atomic E-state index is 11.6. The number of rotatable bonds is 4. The molecule has 0 bridgehead atoms. The summed E-state index contributed by atoms with van der Waals surface area (Å²) in [7, 11) is 0. The Labute approximate surface area is 113 Å². The van der Waals surface area contributed by atoms with Gasteiger partial charge in [-0.25, -0.2) is 9.78 Å². The number of H-pyrrole nitrogens is 1. The second kappa shape index (κ2) is 5.21. The van der Waals surface area contributed by atoms with Crippen molar-refractivity contribution in [1.82, 2.24) is 20.6 Å². The summed E-state index contributed by atoms with van der Waals surface area (Å²) >= 11 is 0. The van der Waals surface area contributed by atoms with Crippen LogP contribution in [0, 0.1) is 6.92 Å². The molecule has 1 aromatic heterocycles. The van der Waals surface area contributed by atoms with Crippen molar-refractivity contribution in [2.75, 3.05) is 0 Å². The number of nitrogens with zero attached hydrogens (tertiary/aromatic N) is 1. The molecule has 2 rings (SSSR count). The molecule has 1 heterocycles. The molecule has 0 spiro atoms. The first-order valence-corrected chi connectivity index (χ1v) is 6.57. The smallest absolute Gasteiger partial charge is 0.407 e. The van der Waals surface area contributed by atoms with Crippen molar-refractivity contribution in [3.05, 3.63) is 17.7 Å². The number of alkyl carbamates (subject to hydrolysis) is 1.